The standard InChI is InChI=1S/C22H16Cl3NO3/c1-13(21(27)14-2-5-16(23)6-3-14)29-18-9-7-17(8-10-18)26-22(28)15-4-11-19(24)20(25)12-15/h2-13H,1H3,(H,26,28). The Balaban J connectivity index is 1.62. The molecule has 0 fully saturated rings. The molecule has 1 unspecified atom stereocenters. The summed E-state index contributed by atoms with van der Waals surface area (Å²) in [6.45, 7) is 1.68. The molecule has 4 nitrogen and oxygen atoms in total. The van der Waals surface area contributed by atoms with Crippen molar-refractivity contribution >= 4 is 52.2 Å². The van der Waals surface area contributed by atoms with Crippen molar-refractivity contribution in [2.24, 2.45) is 0 Å². The molecule has 0 spiro atoms. The molecule has 7 heteroatoms. The summed E-state index contributed by atoms with van der Waals surface area (Å²) in [4.78, 5) is 24.7. The molecule has 0 aromatic heterocycles. The van der Waals surface area contributed by atoms with Crippen LogP contribution in [-0.4, -0.2) is 17.8 Å². The minimum absolute atomic E-state index is 0.154. The quantitative estimate of drug-likeness (QED) is 0.435. The van der Waals surface area contributed by atoms with Gasteiger partial charge in [-0.1, -0.05) is 34.8 Å². The molecular weight excluding hydrogens is 433 g/mol. The predicted octanol–water partition coefficient (Wildman–Crippen LogP) is 6.55. The number of rotatable bonds is 6. The van der Waals surface area contributed by atoms with Crippen LogP contribution in [0.2, 0.25) is 15.1 Å². The van der Waals surface area contributed by atoms with E-state index in [9.17, 15) is 9.59 Å². The fourth-order valence-corrected chi connectivity index (χ4v) is 2.99. The van der Waals surface area contributed by atoms with Gasteiger partial charge in [-0.2, -0.15) is 0 Å². The second-order valence-corrected chi connectivity index (χ2v) is 7.49. The molecule has 0 saturated heterocycles. The lowest BCUT2D eigenvalue weighted by molar-refractivity contribution is 0.0818. The lowest BCUT2D eigenvalue weighted by Crippen LogP contribution is -2.23. The summed E-state index contributed by atoms with van der Waals surface area (Å²) >= 11 is 17.7. The van der Waals surface area contributed by atoms with Crippen molar-refractivity contribution in [3.63, 3.8) is 0 Å². The predicted molar refractivity (Wildman–Crippen MR) is 117 cm³/mol. The van der Waals surface area contributed by atoms with Crippen LogP contribution in [0.5, 0.6) is 5.75 Å². The zero-order chi connectivity index (χ0) is 21.0. The molecule has 1 amide bonds. The summed E-state index contributed by atoms with van der Waals surface area (Å²) in [5.41, 5.74) is 1.49. The van der Waals surface area contributed by atoms with Crippen molar-refractivity contribution in [3.05, 3.63) is 92.9 Å². The van der Waals surface area contributed by atoms with E-state index in [1.165, 1.54) is 6.07 Å². The first-order valence-corrected chi connectivity index (χ1v) is 9.80. The molecular formula is C22H16Cl3NO3. The summed E-state index contributed by atoms with van der Waals surface area (Å²) in [7, 11) is 0. The number of amides is 1. The smallest absolute Gasteiger partial charge is 0.255 e. The van der Waals surface area contributed by atoms with E-state index in [0.717, 1.165) is 0 Å². The van der Waals surface area contributed by atoms with E-state index in [1.54, 1.807) is 67.6 Å². The minimum atomic E-state index is -0.673. The molecule has 0 saturated carbocycles. The summed E-state index contributed by atoms with van der Waals surface area (Å²) in [5, 5.41) is 4.02. The number of anilines is 1. The number of ether oxygens (including phenoxy) is 1. The fraction of sp³-hybridized carbons (Fsp3) is 0.0909. The Kier molecular flexibility index (Phi) is 6.80. The monoisotopic (exact) mass is 447 g/mol. The van der Waals surface area contributed by atoms with Gasteiger partial charge in [-0.05, 0) is 73.7 Å². The van der Waals surface area contributed by atoms with Crippen LogP contribution in [0.1, 0.15) is 27.6 Å². The number of carbonyl (C=O) groups is 2. The van der Waals surface area contributed by atoms with Crippen molar-refractivity contribution < 1.29 is 14.3 Å². The number of hydrogen-bond acceptors (Lipinski definition) is 3. The fourth-order valence-electron chi connectivity index (χ4n) is 2.56. The van der Waals surface area contributed by atoms with Gasteiger partial charge in [0.15, 0.2) is 6.10 Å². The van der Waals surface area contributed by atoms with Crippen LogP contribution in [0.15, 0.2) is 66.7 Å². The molecule has 1 atom stereocenters. The van der Waals surface area contributed by atoms with E-state index >= 15 is 0 Å². The van der Waals surface area contributed by atoms with Gasteiger partial charge in [0.05, 0.1) is 10.0 Å². The average molecular weight is 449 g/mol. The van der Waals surface area contributed by atoms with Crippen molar-refractivity contribution in [2.45, 2.75) is 13.0 Å². The highest BCUT2D eigenvalue weighted by Gasteiger charge is 2.17. The maximum absolute atomic E-state index is 12.4. The second-order valence-electron chi connectivity index (χ2n) is 6.24. The molecule has 0 aliphatic rings. The number of nitrogens with one attached hydrogen (secondary N) is 1. The first-order valence-electron chi connectivity index (χ1n) is 8.66. The lowest BCUT2D eigenvalue weighted by atomic mass is 10.1. The van der Waals surface area contributed by atoms with E-state index < -0.39 is 6.10 Å². The lowest BCUT2D eigenvalue weighted by Gasteiger charge is -2.14. The Hall–Kier alpha value is -2.53. The van der Waals surface area contributed by atoms with Gasteiger partial charge in [0.2, 0.25) is 5.78 Å². The Bertz CT molecular complexity index is 1030. The maximum atomic E-state index is 12.4. The number of benzene rings is 3. The van der Waals surface area contributed by atoms with Crippen LogP contribution in [-0.2, 0) is 0 Å². The molecule has 29 heavy (non-hydrogen) atoms. The summed E-state index contributed by atoms with van der Waals surface area (Å²) in [6, 6.07) is 18.0. The van der Waals surface area contributed by atoms with E-state index in [2.05, 4.69) is 5.32 Å². The Morgan fingerprint density at radius 1 is 0.828 bits per heavy atom. The van der Waals surface area contributed by atoms with E-state index in [0.29, 0.717) is 37.6 Å². The molecule has 3 aromatic rings. The first-order chi connectivity index (χ1) is 13.8. The number of Topliss-reactive ketones (excluding diaryl/α,β-unsaturated/α-hetero) is 1. The maximum Gasteiger partial charge on any atom is 0.255 e. The van der Waals surface area contributed by atoms with Crippen LogP contribution < -0.4 is 10.1 Å². The van der Waals surface area contributed by atoms with Crippen molar-refractivity contribution in [2.75, 3.05) is 5.32 Å². The molecule has 3 rings (SSSR count). The van der Waals surface area contributed by atoms with Crippen LogP contribution in [0, 0.1) is 0 Å². The van der Waals surface area contributed by atoms with Crippen LogP contribution >= 0.6 is 34.8 Å². The van der Waals surface area contributed by atoms with E-state index in [4.69, 9.17) is 39.5 Å². The minimum Gasteiger partial charge on any atom is -0.483 e. The van der Waals surface area contributed by atoms with E-state index in [1.807, 2.05) is 0 Å². The highest BCUT2D eigenvalue weighted by atomic mass is 35.5. The molecule has 0 aliphatic heterocycles. The molecule has 1 N–H and O–H groups in total. The average Bonchev–Trinajstić information content (AvgIpc) is 2.71. The second kappa shape index (κ2) is 9.31. The van der Waals surface area contributed by atoms with Crippen molar-refractivity contribution in [3.8, 4) is 5.75 Å². The highest BCUT2D eigenvalue weighted by molar-refractivity contribution is 6.42. The van der Waals surface area contributed by atoms with E-state index in [-0.39, 0.29) is 11.7 Å². The molecule has 0 bridgehead atoms. The third kappa shape index (κ3) is 5.51. The zero-order valence-electron chi connectivity index (χ0n) is 15.3. The van der Waals surface area contributed by atoms with Crippen LogP contribution in [0.4, 0.5) is 5.69 Å². The normalized spacial score (nSPS) is 11.6. The van der Waals surface area contributed by atoms with Gasteiger partial charge in [0.25, 0.3) is 5.91 Å². The highest BCUT2D eigenvalue weighted by Crippen LogP contribution is 2.24. The Morgan fingerprint density at radius 2 is 1.45 bits per heavy atom. The van der Waals surface area contributed by atoms with Crippen molar-refractivity contribution in [1.29, 1.82) is 0 Å². The summed E-state index contributed by atoms with van der Waals surface area (Å²) in [5.74, 6) is 0.0366. The number of halogens is 3. The van der Waals surface area contributed by atoms with Gasteiger partial charge in [-0.3, -0.25) is 9.59 Å². The van der Waals surface area contributed by atoms with Gasteiger partial charge in [0.1, 0.15) is 5.75 Å². The third-order valence-corrected chi connectivity index (χ3v) is 5.10. The molecule has 3 aromatic carbocycles. The van der Waals surface area contributed by atoms with Gasteiger partial charge in [0, 0.05) is 21.8 Å². The summed E-state index contributed by atoms with van der Waals surface area (Å²) < 4.78 is 5.71. The molecule has 0 aliphatic carbocycles. The SMILES string of the molecule is CC(Oc1ccc(NC(=O)c2ccc(Cl)c(Cl)c2)cc1)C(=O)c1ccc(Cl)cc1. The first kappa shape index (κ1) is 21.2. The number of ketones is 1. The van der Waals surface area contributed by atoms with Gasteiger partial charge in [-0.15, -0.1) is 0 Å². The van der Waals surface area contributed by atoms with Gasteiger partial charge < -0.3 is 10.1 Å². The van der Waals surface area contributed by atoms with Crippen LogP contribution in [0.3, 0.4) is 0 Å². The van der Waals surface area contributed by atoms with Gasteiger partial charge >= 0.3 is 0 Å². The Morgan fingerprint density at radius 3 is 2.07 bits per heavy atom. The number of carbonyl (C=O) groups excluding carboxylic acids is 2. The third-order valence-electron chi connectivity index (χ3n) is 4.10. The summed E-state index contributed by atoms with van der Waals surface area (Å²) in [6.07, 6.45) is -0.673. The molecule has 0 heterocycles. The largest absolute Gasteiger partial charge is 0.483 e. The topological polar surface area (TPSA) is 55.4 Å². The molecule has 148 valence electrons. The molecule has 0 radical (unpaired) electrons. The Labute approximate surface area is 183 Å². The number of hydrogen-bond donors (Lipinski definition) is 1. The zero-order valence-corrected chi connectivity index (χ0v) is 17.6. The van der Waals surface area contributed by atoms with Crippen LogP contribution in [0.25, 0.3) is 0 Å². The van der Waals surface area contributed by atoms with Gasteiger partial charge in [-0.25, -0.2) is 0 Å². The van der Waals surface area contributed by atoms with Crippen molar-refractivity contribution in [1.82, 2.24) is 0 Å².